The number of halogens is 3. The highest BCUT2D eigenvalue weighted by Crippen LogP contribution is 2.32. The van der Waals surface area contributed by atoms with Crippen molar-refractivity contribution in [2.45, 2.75) is 13.2 Å². The van der Waals surface area contributed by atoms with Crippen LogP contribution < -0.4 is 5.32 Å². The molecule has 0 spiro atoms. The molecule has 2 aromatic carbocycles. The molecular formula is C25H18ClF2N5O. The molecule has 0 saturated carbocycles. The van der Waals surface area contributed by atoms with Gasteiger partial charge in [0.05, 0.1) is 23.7 Å². The Morgan fingerprint density at radius 2 is 1.82 bits per heavy atom. The summed E-state index contributed by atoms with van der Waals surface area (Å²) in [5.74, 6) is -0.489. The van der Waals surface area contributed by atoms with E-state index >= 15 is 0 Å². The molecular weight excluding hydrogens is 460 g/mol. The molecule has 3 aromatic heterocycles. The molecule has 0 unspecified atom stereocenters. The summed E-state index contributed by atoms with van der Waals surface area (Å²) < 4.78 is 29.5. The van der Waals surface area contributed by atoms with E-state index in [4.69, 9.17) is 16.6 Å². The van der Waals surface area contributed by atoms with E-state index in [0.29, 0.717) is 44.4 Å². The van der Waals surface area contributed by atoms with E-state index in [1.165, 1.54) is 18.2 Å². The Morgan fingerprint density at radius 3 is 2.59 bits per heavy atom. The number of nitrogens with zero attached hydrogens (tertiary/aromatic N) is 4. The van der Waals surface area contributed by atoms with Gasteiger partial charge in [-0.1, -0.05) is 17.7 Å². The molecule has 0 fully saturated rings. The van der Waals surface area contributed by atoms with Gasteiger partial charge in [0.15, 0.2) is 0 Å². The number of hydrogen-bond donors (Lipinski definition) is 2. The van der Waals surface area contributed by atoms with Crippen LogP contribution in [0.15, 0.2) is 73.1 Å². The molecule has 3 heterocycles. The van der Waals surface area contributed by atoms with Gasteiger partial charge in [0.25, 0.3) is 0 Å². The van der Waals surface area contributed by atoms with Crippen LogP contribution in [0.2, 0.25) is 5.02 Å². The Hall–Kier alpha value is -3.88. The Kier molecular flexibility index (Phi) is 5.91. The maximum atomic E-state index is 14.1. The van der Waals surface area contributed by atoms with Gasteiger partial charge in [0.2, 0.25) is 5.95 Å². The molecule has 0 bridgehead atoms. The summed E-state index contributed by atoms with van der Waals surface area (Å²) in [5, 5.41) is 12.9. The maximum Gasteiger partial charge on any atom is 0.223 e. The van der Waals surface area contributed by atoms with Gasteiger partial charge in [-0.2, -0.15) is 0 Å². The van der Waals surface area contributed by atoms with E-state index in [0.717, 1.165) is 0 Å². The summed E-state index contributed by atoms with van der Waals surface area (Å²) in [6.45, 7) is -0.0163. The zero-order valence-electron chi connectivity index (χ0n) is 17.7. The third kappa shape index (κ3) is 4.21. The van der Waals surface area contributed by atoms with Gasteiger partial charge in [-0.15, -0.1) is 0 Å². The molecule has 0 aliphatic heterocycles. The first-order valence-electron chi connectivity index (χ1n) is 10.4. The fraction of sp³-hybridized carbons (Fsp3) is 0.0800. The zero-order chi connectivity index (χ0) is 23.7. The van der Waals surface area contributed by atoms with E-state index in [1.54, 1.807) is 54.9 Å². The maximum absolute atomic E-state index is 14.1. The van der Waals surface area contributed by atoms with Crippen molar-refractivity contribution in [3.63, 3.8) is 0 Å². The van der Waals surface area contributed by atoms with E-state index in [2.05, 4.69) is 15.3 Å². The summed E-state index contributed by atoms with van der Waals surface area (Å²) in [6, 6.07) is 15.8. The third-order valence-electron chi connectivity index (χ3n) is 5.37. The highest BCUT2D eigenvalue weighted by molar-refractivity contribution is 6.31. The van der Waals surface area contributed by atoms with Crippen molar-refractivity contribution in [3.05, 3.63) is 101 Å². The van der Waals surface area contributed by atoms with Crippen LogP contribution in [0.3, 0.4) is 0 Å². The number of aliphatic hydroxyl groups excluding tert-OH is 1. The monoisotopic (exact) mass is 477 g/mol. The summed E-state index contributed by atoms with van der Waals surface area (Å²) in [6.07, 6.45) is 3.38. The molecule has 2 N–H and O–H groups in total. The van der Waals surface area contributed by atoms with Gasteiger partial charge in [0.1, 0.15) is 17.3 Å². The Morgan fingerprint density at radius 1 is 1.00 bits per heavy atom. The van der Waals surface area contributed by atoms with Crippen LogP contribution in [-0.2, 0) is 13.2 Å². The lowest BCUT2D eigenvalue weighted by Crippen LogP contribution is -2.06. The molecule has 0 amide bonds. The molecule has 0 atom stereocenters. The van der Waals surface area contributed by atoms with Crippen molar-refractivity contribution in [1.29, 1.82) is 0 Å². The molecule has 0 aliphatic carbocycles. The number of rotatable bonds is 6. The molecule has 9 heteroatoms. The molecule has 5 rings (SSSR count). The van der Waals surface area contributed by atoms with Gasteiger partial charge >= 0.3 is 0 Å². The van der Waals surface area contributed by atoms with Crippen LogP contribution in [0, 0.1) is 11.6 Å². The normalized spacial score (nSPS) is 11.2. The van der Waals surface area contributed by atoms with Crippen molar-refractivity contribution in [2.24, 2.45) is 0 Å². The van der Waals surface area contributed by atoms with E-state index in [9.17, 15) is 13.9 Å². The molecule has 170 valence electrons. The van der Waals surface area contributed by atoms with Crippen LogP contribution in [0.1, 0.15) is 11.1 Å². The number of benzene rings is 2. The number of fused-ring (bicyclic) bond motifs is 1. The Balaban J connectivity index is 1.58. The lowest BCUT2D eigenvalue weighted by atomic mass is 10.1. The van der Waals surface area contributed by atoms with Crippen LogP contribution in [0.5, 0.6) is 0 Å². The van der Waals surface area contributed by atoms with Crippen molar-refractivity contribution in [2.75, 3.05) is 5.32 Å². The predicted octanol–water partition coefficient (Wildman–Crippen LogP) is 5.49. The lowest BCUT2D eigenvalue weighted by molar-refractivity contribution is 0.282. The minimum Gasteiger partial charge on any atom is -0.392 e. The number of hydrogen-bond acceptors (Lipinski definition) is 5. The van der Waals surface area contributed by atoms with Crippen molar-refractivity contribution >= 4 is 23.2 Å². The van der Waals surface area contributed by atoms with Crippen molar-refractivity contribution < 1.29 is 13.9 Å². The SMILES string of the molecule is OCc1ccn2c(-c3ccnc(NCc4c(F)cccc4Cl)n3)c(-c3ccc(F)cc3)nc2c1. The molecule has 34 heavy (non-hydrogen) atoms. The van der Waals surface area contributed by atoms with Crippen LogP contribution in [0.4, 0.5) is 14.7 Å². The Labute approximate surface area is 198 Å². The average molecular weight is 478 g/mol. The van der Waals surface area contributed by atoms with Gasteiger partial charge in [-0.25, -0.2) is 23.7 Å². The first-order valence-corrected chi connectivity index (χ1v) is 10.8. The molecule has 6 nitrogen and oxygen atoms in total. The van der Waals surface area contributed by atoms with Gasteiger partial charge in [0, 0.05) is 35.1 Å². The van der Waals surface area contributed by atoms with Crippen molar-refractivity contribution in [3.8, 4) is 22.6 Å². The van der Waals surface area contributed by atoms with Gasteiger partial charge in [-0.3, -0.25) is 4.40 Å². The lowest BCUT2D eigenvalue weighted by Gasteiger charge is -2.10. The second-order valence-electron chi connectivity index (χ2n) is 7.56. The fourth-order valence-electron chi connectivity index (χ4n) is 3.68. The average Bonchev–Trinajstić information content (AvgIpc) is 3.23. The number of aliphatic hydroxyl groups is 1. The highest BCUT2D eigenvalue weighted by atomic mass is 35.5. The van der Waals surface area contributed by atoms with Gasteiger partial charge < -0.3 is 10.4 Å². The van der Waals surface area contributed by atoms with Crippen LogP contribution in [0.25, 0.3) is 28.3 Å². The van der Waals surface area contributed by atoms with E-state index in [-0.39, 0.29) is 24.9 Å². The highest BCUT2D eigenvalue weighted by Gasteiger charge is 2.18. The predicted molar refractivity (Wildman–Crippen MR) is 126 cm³/mol. The molecule has 0 radical (unpaired) electrons. The van der Waals surface area contributed by atoms with Crippen molar-refractivity contribution in [1.82, 2.24) is 19.4 Å². The summed E-state index contributed by atoms with van der Waals surface area (Å²) in [5.41, 5.74) is 4.15. The molecule has 5 aromatic rings. The van der Waals surface area contributed by atoms with E-state index in [1.807, 2.05) is 4.40 Å². The largest absolute Gasteiger partial charge is 0.392 e. The summed E-state index contributed by atoms with van der Waals surface area (Å²) in [4.78, 5) is 13.6. The number of aromatic nitrogens is 4. The minimum absolute atomic E-state index is 0.104. The second kappa shape index (κ2) is 9.17. The fourth-order valence-corrected chi connectivity index (χ4v) is 3.91. The number of anilines is 1. The summed E-state index contributed by atoms with van der Waals surface area (Å²) >= 11 is 6.12. The van der Waals surface area contributed by atoms with Crippen LogP contribution in [-0.4, -0.2) is 24.5 Å². The smallest absolute Gasteiger partial charge is 0.223 e. The third-order valence-corrected chi connectivity index (χ3v) is 5.73. The molecule has 0 saturated heterocycles. The zero-order valence-corrected chi connectivity index (χ0v) is 18.5. The minimum atomic E-state index is -0.420. The number of imidazole rings is 1. The summed E-state index contributed by atoms with van der Waals surface area (Å²) in [7, 11) is 0. The van der Waals surface area contributed by atoms with Gasteiger partial charge in [-0.05, 0) is 60.2 Å². The topological polar surface area (TPSA) is 75.3 Å². The number of nitrogens with one attached hydrogen (secondary N) is 1. The van der Waals surface area contributed by atoms with E-state index < -0.39 is 5.82 Å². The first-order chi connectivity index (χ1) is 16.5. The first kappa shape index (κ1) is 21.9. The van der Waals surface area contributed by atoms with Crippen LogP contribution >= 0.6 is 11.6 Å². The quantitative estimate of drug-likeness (QED) is 0.338. The number of pyridine rings is 1. The standard InChI is InChI=1S/C25H18ClF2N5O/c26-19-2-1-3-20(28)18(19)13-30-25-29-10-8-21(31-25)24-23(16-4-6-17(27)7-5-16)32-22-12-15(14-34)9-11-33(22)24/h1-12,34H,13-14H2,(H,29,30,31). The Bertz CT molecular complexity index is 1470. The molecule has 0 aliphatic rings. The second-order valence-corrected chi connectivity index (χ2v) is 7.96.